The zero-order valence-electron chi connectivity index (χ0n) is 15.5. The third kappa shape index (κ3) is 3.41. The summed E-state index contributed by atoms with van der Waals surface area (Å²) in [6.45, 7) is 3.86. The van der Waals surface area contributed by atoms with E-state index in [9.17, 15) is 13.2 Å². The lowest BCUT2D eigenvalue weighted by Crippen LogP contribution is -2.47. The molecule has 4 rings (SSSR count). The molecular weight excluding hydrogens is 378 g/mol. The molecule has 0 aliphatic carbocycles. The molecule has 0 N–H and O–H groups in total. The average Bonchev–Trinajstić information content (AvgIpc) is 2.72. The fourth-order valence-electron chi connectivity index (χ4n) is 3.27. The van der Waals surface area contributed by atoms with Crippen molar-refractivity contribution in [1.82, 2.24) is 4.90 Å². The number of ether oxygens (including phenoxy) is 1. The lowest BCUT2D eigenvalue weighted by Gasteiger charge is -2.31. The van der Waals surface area contributed by atoms with Crippen LogP contribution in [0.25, 0.3) is 0 Å². The molecular formula is C20H21N3O4S. The molecule has 0 atom stereocenters. The van der Waals surface area contributed by atoms with Crippen LogP contribution in [0.3, 0.4) is 0 Å². The van der Waals surface area contributed by atoms with Crippen LogP contribution in [0.5, 0.6) is 0 Å². The maximum absolute atomic E-state index is 13.1. The Morgan fingerprint density at radius 1 is 1.07 bits per heavy atom. The summed E-state index contributed by atoms with van der Waals surface area (Å²) in [4.78, 5) is 14.5. The van der Waals surface area contributed by atoms with Crippen LogP contribution in [-0.4, -0.2) is 50.6 Å². The molecule has 2 aromatic rings. The van der Waals surface area contributed by atoms with Crippen LogP contribution in [0, 0.1) is 6.92 Å². The number of hydrogen-bond donors (Lipinski definition) is 0. The zero-order valence-corrected chi connectivity index (χ0v) is 16.4. The van der Waals surface area contributed by atoms with Gasteiger partial charge in [-0.05, 0) is 24.6 Å². The van der Waals surface area contributed by atoms with E-state index in [-0.39, 0.29) is 4.90 Å². The van der Waals surface area contributed by atoms with Crippen molar-refractivity contribution in [1.29, 1.82) is 0 Å². The number of sulfone groups is 1. The quantitative estimate of drug-likeness (QED) is 0.788. The fraction of sp³-hybridized carbons (Fsp3) is 0.300. The standard InChI is InChI=1S/C20H21N3O4S/c1-15-6-8-16(9-7-15)14-23-17-4-2-3-5-18(17)28(25,26)19(21-23)20(24)22-10-12-27-13-11-22/h2-9H,10-14H2,1H3. The molecule has 2 aliphatic heterocycles. The van der Waals surface area contributed by atoms with Gasteiger partial charge in [-0.25, -0.2) is 8.42 Å². The predicted molar refractivity (Wildman–Crippen MR) is 106 cm³/mol. The third-order valence-electron chi connectivity index (χ3n) is 4.83. The van der Waals surface area contributed by atoms with E-state index in [0.29, 0.717) is 38.5 Å². The number of aryl methyl sites for hydroxylation is 1. The zero-order chi connectivity index (χ0) is 19.7. The van der Waals surface area contributed by atoms with Crippen LogP contribution in [0.4, 0.5) is 5.69 Å². The average molecular weight is 399 g/mol. The molecule has 2 aliphatic rings. The first kappa shape index (κ1) is 18.6. The first-order valence-electron chi connectivity index (χ1n) is 9.09. The molecule has 28 heavy (non-hydrogen) atoms. The molecule has 146 valence electrons. The number of carbonyl (C=O) groups excluding carboxylic acids is 1. The van der Waals surface area contributed by atoms with Gasteiger partial charge in [0.25, 0.3) is 5.91 Å². The number of hydrazone groups is 1. The Morgan fingerprint density at radius 2 is 1.75 bits per heavy atom. The van der Waals surface area contributed by atoms with Crippen molar-refractivity contribution in [2.75, 3.05) is 31.3 Å². The van der Waals surface area contributed by atoms with Crippen molar-refractivity contribution < 1.29 is 17.9 Å². The smallest absolute Gasteiger partial charge is 0.286 e. The Kier molecular flexibility index (Phi) is 4.91. The summed E-state index contributed by atoms with van der Waals surface area (Å²) < 4.78 is 31.5. The van der Waals surface area contributed by atoms with Gasteiger partial charge >= 0.3 is 0 Å². The summed E-state index contributed by atoms with van der Waals surface area (Å²) in [5, 5.41) is 5.46. The van der Waals surface area contributed by atoms with Gasteiger partial charge in [0, 0.05) is 13.1 Å². The van der Waals surface area contributed by atoms with Gasteiger partial charge in [0.2, 0.25) is 14.9 Å². The Morgan fingerprint density at radius 3 is 2.46 bits per heavy atom. The number of fused-ring (bicyclic) bond motifs is 1. The van der Waals surface area contributed by atoms with Crippen LogP contribution in [0.2, 0.25) is 0 Å². The van der Waals surface area contributed by atoms with Crippen LogP contribution >= 0.6 is 0 Å². The van der Waals surface area contributed by atoms with Gasteiger partial charge in [-0.1, -0.05) is 42.0 Å². The van der Waals surface area contributed by atoms with Crippen molar-refractivity contribution in [2.24, 2.45) is 5.10 Å². The van der Waals surface area contributed by atoms with E-state index in [2.05, 4.69) is 5.10 Å². The Balaban J connectivity index is 1.75. The fourth-order valence-corrected chi connectivity index (χ4v) is 4.75. The highest BCUT2D eigenvalue weighted by molar-refractivity contribution is 8.08. The summed E-state index contributed by atoms with van der Waals surface area (Å²) in [6.07, 6.45) is 0. The monoisotopic (exact) mass is 399 g/mol. The van der Waals surface area contributed by atoms with Gasteiger partial charge in [-0.15, -0.1) is 0 Å². The minimum absolute atomic E-state index is 0.105. The van der Waals surface area contributed by atoms with E-state index in [0.717, 1.165) is 11.1 Å². The van der Waals surface area contributed by atoms with E-state index in [1.165, 1.54) is 11.0 Å². The Labute approximate surface area is 164 Å². The summed E-state index contributed by atoms with van der Waals surface area (Å²) >= 11 is 0. The van der Waals surface area contributed by atoms with Gasteiger partial charge in [0.1, 0.15) is 0 Å². The second-order valence-corrected chi connectivity index (χ2v) is 8.66. The topological polar surface area (TPSA) is 79.3 Å². The third-order valence-corrected chi connectivity index (χ3v) is 6.52. The highest BCUT2D eigenvalue weighted by atomic mass is 32.2. The highest BCUT2D eigenvalue weighted by Crippen LogP contribution is 2.33. The number of carbonyl (C=O) groups is 1. The van der Waals surface area contributed by atoms with Crippen LogP contribution in [0.15, 0.2) is 58.5 Å². The lowest BCUT2D eigenvalue weighted by molar-refractivity contribution is -0.127. The summed E-state index contributed by atoms with van der Waals surface area (Å²) in [6, 6.07) is 14.6. The van der Waals surface area contributed by atoms with Crippen molar-refractivity contribution in [3.8, 4) is 0 Å². The van der Waals surface area contributed by atoms with Gasteiger partial charge < -0.3 is 9.64 Å². The van der Waals surface area contributed by atoms with Crippen molar-refractivity contribution >= 4 is 26.5 Å². The molecule has 8 heteroatoms. The first-order valence-corrected chi connectivity index (χ1v) is 10.6. The van der Waals surface area contributed by atoms with Crippen molar-refractivity contribution in [2.45, 2.75) is 18.4 Å². The normalized spacial score (nSPS) is 18.4. The minimum atomic E-state index is -3.99. The van der Waals surface area contributed by atoms with E-state index >= 15 is 0 Å². The molecule has 1 fully saturated rings. The number of morpholine rings is 1. The maximum Gasteiger partial charge on any atom is 0.286 e. The first-order chi connectivity index (χ1) is 13.5. The van der Waals surface area contributed by atoms with E-state index in [4.69, 9.17) is 4.74 Å². The number of anilines is 1. The molecule has 2 heterocycles. The molecule has 2 aromatic carbocycles. The second kappa shape index (κ2) is 7.37. The molecule has 0 unspecified atom stereocenters. The van der Waals surface area contributed by atoms with Gasteiger partial charge in [0.15, 0.2) is 0 Å². The Bertz CT molecular complexity index is 1030. The largest absolute Gasteiger partial charge is 0.378 e. The van der Waals surface area contributed by atoms with Crippen molar-refractivity contribution in [3.63, 3.8) is 0 Å². The lowest BCUT2D eigenvalue weighted by atomic mass is 10.1. The molecule has 7 nitrogen and oxygen atoms in total. The van der Waals surface area contributed by atoms with Gasteiger partial charge in [-0.3, -0.25) is 9.80 Å². The van der Waals surface area contributed by atoms with Crippen LogP contribution in [0.1, 0.15) is 11.1 Å². The molecule has 1 amide bonds. The minimum Gasteiger partial charge on any atom is -0.378 e. The number of amides is 1. The second-order valence-electron chi connectivity index (χ2n) is 6.82. The maximum atomic E-state index is 13.1. The molecule has 0 spiro atoms. The molecule has 0 saturated carbocycles. The summed E-state index contributed by atoms with van der Waals surface area (Å²) in [7, 11) is -3.99. The Hall–Kier alpha value is -2.71. The number of hydrogen-bond acceptors (Lipinski definition) is 6. The molecule has 0 aromatic heterocycles. The van der Waals surface area contributed by atoms with Gasteiger partial charge in [0.05, 0.1) is 30.3 Å². The molecule has 0 bridgehead atoms. The highest BCUT2D eigenvalue weighted by Gasteiger charge is 2.39. The number of para-hydroxylation sites is 1. The molecule has 0 radical (unpaired) electrons. The predicted octanol–water partition coefficient (Wildman–Crippen LogP) is 1.96. The number of nitrogens with zero attached hydrogens (tertiary/aromatic N) is 3. The summed E-state index contributed by atoms with van der Waals surface area (Å²) in [5.41, 5.74) is 2.58. The van der Waals surface area contributed by atoms with Gasteiger partial charge in [-0.2, -0.15) is 5.10 Å². The van der Waals surface area contributed by atoms with Crippen LogP contribution < -0.4 is 5.01 Å². The number of benzene rings is 2. The SMILES string of the molecule is Cc1ccc(CN2N=C(C(=O)N3CCOCC3)S(=O)(=O)c3ccccc32)cc1. The van der Waals surface area contributed by atoms with E-state index < -0.39 is 20.8 Å². The number of rotatable bonds is 3. The van der Waals surface area contributed by atoms with E-state index in [1.807, 2.05) is 31.2 Å². The van der Waals surface area contributed by atoms with E-state index in [1.54, 1.807) is 23.2 Å². The summed E-state index contributed by atoms with van der Waals surface area (Å²) in [5.74, 6) is -0.577. The van der Waals surface area contributed by atoms with Crippen LogP contribution in [-0.2, 0) is 25.9 Å². The molecule has 1 saturated heterocycles. The van der Waals surface area contributed by atoms with Crippen molar-refractivity contribution in [3.05, 3.63) is 59.7 Å².